The number of rotatable bonds is 0. The molecule has 1 unspecified atom stereocenters. The number of hydrogen-bond donors (Lipinski definition) is 0. The van der Waals surface area contributed by atoms with Crippen LogP contribution >= 0.6 is 30.1 Å². The van der Waals surface area contributed by atoms with Crippen LogP contribution in [0.2, 0.25) is 0 Å². The van der Waals surface area contributed by atoms with Crippen molar-refractivity contribution >= 4 is 35.9 Å². The van der Waals surface area contributed by atoms with Crippen LogP contribution in [0, 0.1) is 11.2 Å². The first-order valence-corrected chi connectivity index (χ1v) is 8.54. The summed E-state index contributed by atoms with van der Waals surface area (Å²) in [5.74, 6) is 3.82. The first-order valence-electron chi connectivity index (χ1n) is 5.18. The monoisotopic (exact) mass is 342 g/mol. The Kier molecular flexibility index (Phi) is 3.93. The van der Waals surface area contributed by atoms with E-state index in [1.165, 1.54) is 14.5 Å². The summed E-state index contributed by atoms with van der Waals surface area (Å²) in [5, 5.41) is 2.97. The molecule has 1 aliphatic rings. The molecule has 1 aromatic carbocycles. The fourth-order valence-corrected chi connectivity index (χ4v) is 2.50. The molecule has 0 aliphatic heterocycles. The maximum Gasteiger partial charge on any atom is 0.163 e. The fraction of sp³-hybridized carbons (Fsp3) is 0.308. The molecule has 0 saturated heterocycles. The van der Waals surface area contributed by atoms with E-state index in [0.29, 0.717) is 12.3 Å². The highest BCUT2D eigenvalue weighted by Gasteiger charge is 2.22. The van der Waals surface area contributed by atoms with E-state index < -0.39 is 0 Å². The number of Topliss-reactive ketones (excluding diaryl/α,β-unsaturated/α-hetero) is 1. The third-order valence-electron chi connectivity index (χ3n) is 2.92. The van der Waals surface area contributed by atoms with Gasteiger partial charge < -0.3 is 0 Å². The van der Waals surface area contributed by atoms with E-state index in [-0.39, 0.29) is 5.78 Å². The molecule has 1 atom stereocenters. The predicted molar refractivity (Wildman–Crippen MR) is 76.9 cm³/mol. The molecule has 1 nitrogen and oxygen atoms in total. The molecule has 0 saturated carbocycles. The van der Waals surface area contributed by atoms with Gasteiger partial charge in [-0.15, -0.1) is 0 Å². The van der Waals surface area contributed by atoms with Crippen LogP contribution in [0.15, 0.2) is 18.2 Å². The van der Waals surface area contributed by atoms with Gasteiger partial charge in [-0.25, -0.2) is 0 Å². The zero-order chi connectivity index (χ0) is 11.5. The Morgan fingerprint density at radius 3 is 3.06 bits per heavy atom. The summed E-state index contributed by atoms with van der Waals surface area (Å²) >= 11 is 2.15. The van der Waals surface area contributed by atoms with Gasteiger partial charge in [-0.05, 0) is 50.3 Å². The molecule has 16 heavy (non-hydrogen) atoms. The van der Waals surface area contributed by atoms with Crippen molar-refractivity contribution in [1.82, 2.24) is 0 Å². The number of fused-ring (bicyclic) bond motifs is 1. The van der Waals surface area contributed by atoms with Gasteiger partial charge in [0.15, 0.2) is 5.78 Å². The quantitative estimate of drug-likeness (QED) is 0.520. The summed E-state index contributed by atoms with van der Waals surface area (Å²) in [5.41, 5.74) is 3.07. The van der Waals surface area contributed by atoms with Gasteiger partial charge in [0.1, 0.15) is 0 Å². The maximum atomic E-state index is 11.7. The van der Waals surface area contributed by atoms with E-state index in [2.05, 4.69) is 45.4 Å². The van der Waals surface area contributed by atoms with Crippen LogP contribution in [0.5, 0.6) is 0 Å². The van der Waals surface area contributed by atoms with Crippen molar-refractivity contribution < 1.29 is 4.79 Å². The molecule has 0 amide bonds. The average Bonchev–Trinajstić information content (AvgIpc) is 2.31. The maximum absolute atomic E-state index is 11.7. The average molecular weight is 342 g/mol. The van der Waals surface area contributed by atoms with Crippen LogP contribution in [0.25, 0.3) is 0 Å². The Balaban J connectivity index is 2.44. The van der Waals surface area contributed by atoms with Crippen LogP contribution in [-0.2, 0) is 0 Å². The van der Waals surface area contributed by atoms with Gasteiger partial charge in [0.2, 0.25) is 0 Å². The van der Waals surface area contributed by atoms with Crippen LogP contribution < -0.4 is 0 Å². The smallest absolute Gasteiger partial charge is 0.163 e. The fourth-order valence-electron chi connectivity index (χ4n) is 2.02. The number of carbonyl (C=O) groups excluding carboxylic acids is 1. The third kappa shape index (κ3) is 2.44. The van der Waals surface area contributed by atoms with Crippen molar-refractivity contribution in [2.75, 3.05) is 0 Å². The normalized spacial score (nSPS) is 18.6. The minimum Gasteiger partial charge on any atom is -0.294 e. The molecule has 0 aromatic heterocycles. The summed E-state index contributed by atoms with van der Waals surface area (Å²) in [6, 6.07) is 5.93. The largest absolute Gasteiger partial charge is 0.294 e. The molecular formula is C13H11IOS. The predicted octanol–water partition coefficient (Wildman–Crippen LogP) is 4.16. The lowest BCUT2D eigenvalue weighted by atomic mass is 9.82. The summed E-state index contributed by atoms with van der Waals surface area (Å²) in [6.07, 6.45) is 1.65. The number of hydrogen-bond acceptors (Lipinski definition) is 2. The molecule has 0 bridgehead atoms. The van der Waals surface area contributed by atoms with Crippen molar-refractivity contribution in [3.05, 3.63) is 34.9 Å². The first-order chi connectivity index (χ1) is 7.72. The zero-order valence-corrected chi connectivity index (χ0v) is 11.9. The zero-order valence-electron chi connectivity index (χ0n) is 8.92. The van der Waals surface area contributed by atoms with E-state index in [4.69, 9.17) is 0 Å². The Morgan fingerprint density at radius 2 is 2.31 bits per heavy atom. The van der Waals surface area contributed by atoms with Gasteiger partial charge >= 0.3 is 0 Å². The van der Waals surface area contributed by atoms with Crippen molar-refractivity contribution in [2.24, 2.45) is 0 Å². The van der Waals surface area contributed by atoms with Crippen LogP contribution in [0.1, 0.15) is 47.2 Å². The second-order valence-corrected chi connectivity index (χ2v) is 5.65. The standard InChI is InChI=1S/C13H11IOS/c1-9-2-5-13(15)11-4-3-10(6-7-16-14)8-12(9)11/h3-4,8-9H,2,5H2,1H3. The Morgan fingerprint density at radius 1 is 1.50 bits per heavy atom. The lowest BCUT2D eigenvalue weighted by Crippen LogP contribution is -2.13. The van der Waals surface area contributed by atoms with Crippen molar-refractivity contribution in [2.45, 2.75) is 25.7 Å². The summed E-state index contributed by atoms with van der Waals surface area (Å²) in [4.78, 5) is 11.7. The van der Waals surface area contributed by atoms with Crippen LogP contribution in [-0.4, -0.2) is 5.78 Å². The molecule has 2 rings (SSSR count). The summed E-state index contributed by atoms with van der Waals surface area (Å²) in [6.45, 7) is 2.18. The van der Waals surface area contributed by atoms with E-state index >= 15 is 0 Å². The van der Waals surface area contributed by atoms with E-state index in [1.54, 1.807) is 0 Å². The molecule has 1 aliphatic carbocycles. The lowest BCUT2D eigenvalue weighted by Gasteiger charge is -2.21. The molecule has 1 aromatic rings. The molecule has 0 heterocycles. The van der Waals surface area contributed by atoms with Crippen LogP contribution in [0.4, 0.5) is 0 Å². The van der Waals surface area contributed by atoms with E-state index in [9.17, 15) is 4.79 Å². The van der Waals surface area contributed by atoms with E-state index in [0.717, 1.165) is 17.5 Å². The highest BCUT2D eigenvalue weighted by Crippen LogP contribution is 2.31. The van der Waals surface area contributed by atoms with Gasteiger partial charge in [-0.3, -0.25) is 4.79 Å². The van der Waals surface area contributed by atoms with Gasteiger partial charge in [-0.1, -0.05) is 12.8 Å². The molecular weight excluding hydrogens is 331 g/mol. The highest BCUT2D eigenvalue weighted by molar-refractivity contribution is 14.2. The molecule has 0 fully saturated rings. The minimum absolute atomic E-state index is 0.274. The molecule has 0 N–H and O–H groups in total. The first kappa shape index (κ1) is 12.0. The van der Waals surface area contributed by atoms with Gasteiger partial charge in [0.05, 0.1) is 0 Å². The molecule has 0 radical (unpaired) electrons. The minimum atomic E-state index is 0.274. The number of ketones is 1. The van der Waals surface area contributed by atoms with Gasteiger partial charge in [-0.2, -0.15) is 0 Å². The SMILES string of the molecule is CC1CCC(=O)c2ccc(C#CSI)cc21. The highest BCUT2D eigenvalue weighted by atomic mass is 127. The summed E-state index contributed by atoms with van der Waals surface area (Å²) < 4.78 is 0. The Labute approximate surface area is 112 Å². The van der Waals surface area contributed by atoms with E-state index in [1.807, 2.05) is 12.1 Å². The second kappa shape index (κ2) is 5.24. The van der Waals surface area contributed by atoms with Gasteiger partial charge in [0.25, 0.3) is 0 Å². The number of benzene rings is 1. The van der Waals surface area contributed by atoms with Crippen molar-refractivity contribution in [1.29, 1.82) is 0 Å². The van der Waals surface area contributed by atoms with Gasteiger partial charge in [0, 0.05) is 38.8 Å². The number of carbonyl (C=O) groups is 1. The van der Waals surface area contributed by atoms with Crippen molar-refractivity contribution in [3.63, 3.8) is 0 Å². The lowest BCUT2D eigenvalue weighted by molar-refractivity contribution is 0.0968. The Hall–Kier alpha value is -0.470. The molecule has 82 valence electrons. The van der Waals surface area contributed by atoms with Crippen molar-refractivity contribution in [3.8, 4) is 11.2 Å². The summed E-state index contributed by atoms with van der Waals surface area (Å²) in [7, 11) is 1.48. The topological polar surface area (TPSA) is 17.1 Å². The molecule has 0 spiro atoms. The number of halogens is 1. The third-order valence-corrected chi connectivity index (χ3v) is 3.76. The van der Waals surface area contributed by atoms with Crippen LogP contribution in [0.3, 0.4) is 0 Å². The second-order valence-electron chi connectivity index (χ2n) is 3.97. The molecule has 3 heteroatoms. The Bertz CT molecular complexity index is 484.